The number of aromatic nitrogens is 1. The Morgan fingerprint density at radius 3 is 2.55 bits per heavy atom. The Hall–Kier alpha value is -2.54. The molecule has 1 aliphatic heterocycles. The quantitative estimate of drug-likeness (QED) is 0.704. The molecule has 1 aliphatic rings. The number of nitrogens with two attached hydrogens (primary N) is 1. The zero-order chi connectivity index (χ0) is 22.0. The molecule has 1 aromatic carbocycles. The van der Waals surface area contributed by atoms with Crippen LogP contribution >= 0.6 is 11.6 Å². The first kappa shape index (κ1) is 24.5. The number of rotatable bonds is 4. The first-order valence-electron chi connectivity index (χ1n) is 9.86. The highest BCUT2D eigenvalue weighted by molar-refractivity contribution is 6.31. The number of primary amides is 1. The maximum absolute atomic E-state index is 12.3. The zero-order valence-corrected chi connectivity index (χ0v) is 18.3. The van der Waals surface area contributed by atoms with E-state index in [1.807, 2.05) is 38.2 Å². The molecule has 2 aromatic rings. The minimum absolute atomic E-state index is 0.00463. The SMILES string of the molecule is CC.CNC(C)=O.NC(=O)[C@@H]1CCCN1C(=O)CCc1c[nH]c2ccc(Cl)cc12. The molecule has 1 fully saturated rings. The van der Waals surface area contributed by atoms with E-state index in [9.17, 15) is 14.4 Å². The molecule has 3 rings (SSSR count). The lowest BCUT2D eigenvalue weighted by Crippen LogP contribution is -2.43. The Kier molecular flexibility index (Phi) is 10.2. The second-order valence-corrected chi connectivity index (χ2v) is 6.89. The van der Waals surface area contributed by atoms with Gasteiger partial charge in [-0.2, -0.15) is 0 Å². The second kappa shape index (κ2) is 12.1. The third kappa shape index (κ3) is 7.09. The Balaban J connectivity index is 0.000000527. The van der Waals surface area contributed by atoms with E-state index >= 15 is 0 Å². The summed E-state index contributed by atoms with van der Waals surface area (Å²) in [6.45, 7) is 6.09. The number of nitrogens with zero attached hydrogens (tertiary/aromatic N) is 1. The minimum atomic E-state index is -0.440. The van der Waals surface area contributed by atoms with Crippen molar-refractivity contribution in [3.05, 3.63) is 35.0 Å². The Labute approximate surface area is 177 Å². The molecule has 0 bridgehead atoms. The summed E-state index contributed by atoms with van der Waals surface area (Å²) >= 11 is 6.03. The fraction of sp³-hybridized carbons (Fsp3) is 0.476. The average molecular weight is 423 g/mol. The van der Waals surface area contributed by atoms with Crippen LogP contribution in [0, 0.1) is 0 Å². The predicted molar refractivity (Wildman–Crippen MR) is 117 cm³/mol. The largest absolute Gasteiger partial charge is 0.368 e. The van der Waals surface area contributed by atoms with Gasteiger partial charge < -0.3 is 20.9 Å². The molecule has 2 heterocycles. The van der Waals surface area contributed by atoms with Gasteiger partial charge in [-0.1, -0.05) is 25.4 Å². The van der Waals surface area contributed by atoms with Crippen molar-refractivity contribution >= 4 is 40.2 Å². The fourth-order valence-corrected chi connectivity index (χ4v) is 3.28. The van der Waals surface area contributed by atoms with Gasteiger partial charge in [-0.15, -0.1) is 0 Å². The van der Waals surface area contributed by atoms with Gasteiger partial charge >= 0.3 is 0 Å². The van der Waals surface area contributed by atoms with Crippen molar-refractivity contribution in [1.29, 1.82) is 0 Å². The lowest BCUT2D eigenvalue weighted by atomic mass is 10.1. The lowest BCUT2D eigenvalue weighted by molar-refractivity contribution is -0.137. The summed E-state index contributed by atoms with van der Waals surface area (Å²) in [7, 11) is 1.60. The van der Waals surface area contributed by atoms with E-state index in [-0.39, 0.29) is 11.8 Å². The number of fused-ring (bicyclic) bond motifs is 1. The molecule has 1 atom stereocenters. The predicted octanol–water partition coefficient (Wildman–Crippen LogP) is 3.01. The first-order chi connectivity index (χ1) is 13.8. The van der Waals surface area contributed by atoms with Crippen LogP contribution in [-0.4, -0.2) is 47.2 Å². The monoisotopic (exact) mass is 422 g/mol. The summed E-state index contributed by atoms with van der Waals surface area (Å²) in [5.74, 6) is -0.424. The standard InChI is InChI=1S/C16H18ClN3O2.C3H7NO.C2H6/c17-11-4-5-13-12(8-11)10(9-19-13)3-6-15(21)20-7-1-2-14(20)16(18)22;1-3(5)4-2;1-2/h4-5,8-9,14,19H,1-3,6-7H2,(H2,18,22);1-2H3,(H,4,5);1-2H3/t14-;;/m0../s1. The van der Waals surface area contributed by atoms with Crippen LogP contribution in [0.5, 0.6) is 0 Å². The molecule has 0 saturated carbocycles. The molecular weight excluding hydrogens is 392 g/mol. The highest BCUT2D eigenvalue weighted by Crippen LogP contribution is 2.24. The second-order valence-electron chi connectivity index (χ2n) is 6.46. The smallest absolute Gasteiger partial charge is 0.240 e. The van der Waals surface area contributed by atoms with E-state index in [2.05, 4.69) is 10.3 Å². The van der Waals surface area contributed by atoms with Crippen molar-refractivity contribution in [3.8, 4) is 0 Å². The molecule has 8 heteroatoms. The van der Waals surface area contributed by atoms with E-state index in [0.29, 0.717) is 30.8 Å². The van der Waals surface area contributed by atoms with Crippen molar-refractivity contribution in [2.24, 2.45) is 5.73 Å². The van der Waals surface area contributed by atoms with Gasteiger partial charge in [0.2, 0.25) is 17.7 Å². The van der Waals surface area contributed by atoms with Crippen molar-refractivity contribution in [3.63, 3.8) is 0 Å². The fourth-order valence-electron chi connectivity index (χ4n) is 3.10. The maximum atomic E-state index is 12.3. The number of H-pyrrole nitrogens is 1. The topological polar surface area (TPSA) is 108 Å². The molecule has 29 heavy (non-hydrogen) atoms. The summed E-state index contributed by atoms with van der Waals surface area (Å²) in [4.78, 5) is 38.2. The number of nitrogens with one attached hydrogen (secondary N) is 2. The average Bonchev–Trinajstić information content (AvgIpc) is 3.35. The zero-order valence-electron chi connectivity index (χ0n) is 17.5. The molecule has 4 N–H and O–H groups in total. The minimum Gasteiger partial charge on any atom is -0.368 e. The number of aryl methyl sites for hydroxylation is 1. The summed E-state index contributed by atoms with van der Waals surface area (Å²) in [6, 6.07) is 5.21. The molecule has 0 unspecified atom stereocenters. The molecule has 0 radical (unpaired) electrons. The maximum Gasteiger partial charge on any atom is 0.240 e. The van der Waals surface area contributed by atoms with Crippen molar-refractivity contribution in [2.45, 2.75) is 52.5 Å². The van der Waals surface area contributed by atoms with Gasteiger partial charge in [-0.3, -0.25) is 14.4 Å². The normalized spacial score (nSPS) is 15.1. The Morgan fingerprint density at radius 2 is 1.97 bits per heavy atom. The number of halogens is 1. The van der Waals surface area contributed by atoms with Crippen LogP contribution in [0.2, 0.25) is 5.02 Å². The van der Waals surface area contributed by atoms with Crippen LogP contribution in [0.15, 0.2) is 24.4 Å². The first-order valence-corrected chi connectivity index (χ1v) is 10.2. The van der Waals surface area contributed by atoms with Crippen LogP contribution in [0.25, 0.3) is 10.9 Å². The summed E-state index contributed by atoms with van der Waals surface area (Å²) in [5, 5.41) is 4.10. The van der Waals surface area contributed by atoms with Crippen molar-refractivity contribution in [2.75, 3.05) is 13.6 Å². The van der Waals surface area contributed by atoms with Gasteiger partial charge in [0.25, 0.3) is 0 Å². The molecule has 0 spiro atoms. The highest BCUT2D eigenvalue weighted by Gasteiger charge is 2.32. The third-order valence-corrected chi connectivity index (χ3v) is 4.83. The highest BCUT2D eigenvalue weighted by atomic mass is 35.5. The number of aromatic amines is 1. The van der Waals surface area contributed by atoms with Gasteiger partial charge in [0, 0.05) is 49.1 Å². The van der Waals surface area contributed by atoms with Crippen LogP contribution in [0.4, 0.5) is 0 Å². The van der Waals surface area contributed by atoms with Crippen molar-refractivity contribution < 1.29 is 14.4 Å². The van der Waals surface area contributed by atoms with E-state index in [1.54, 1.807) is 11.9 Å². The molecule has 7 nitrogen and oxygen atoms in total. The number of amides is 3. The van der Waals surface area contributed by atoms with Crippen LogP contribution < -0.4 is 11.1 Å². The van der Waals surface area contributed by atoms with Gasteiger partial charge in [-0.25, -0.2) is 0 Å². The van der Waals surface area contributed by atoms with Crippen LogP contribution in [-0.2, 0) is 20.8 Å². The molecule has 160 valence electrons. The van der Waals surface area contributed by atoms with E-state index in [0.717, 1.165) is 22.9 Å². The summed E-state index contributed by atoms with van der Waals surface area (Å²) in [5.41, 5.74) is 7.41. The third-order valence-electron chi connectivity index (χ3n) is 4.59. The number of benzene rings is 1. The number of hydrogen-bond donors (Lipinski definition) is 3. The Bertz CT molecular complexity index is 834. The molecule has 1 aromatic heterocycles. The molecule has 1 saturated heterocycles. The number of likely N-dealkylation sites (tertiary alicyclic amines) is 1. The van der Waals surface area contributed by atoms with E-state index in [4.69, 9.17) is 17.3 Å². The number of carbonyl (C=O) groups is 3. The van der Waals surface area contributed by atoms with Crippen LogP contribution in [0.1, 0.15) is 45.6 Å². The van der Waals surface area contributed by atoms with Gasteiger partial charge in [0.15, 0.2) is 0 Å². The molecular formula is C21H31ClN4O3. The lowest BCUT2D eigenvalue weighted by Gasteiger charge is -2.22. The summed E-state index contributed by atoms with van der Waals surface area (Å²) in [6.07, 6.45) is 4.39. The van der Waals surface area contributed by atoms with Gasteiger partial charge in [0.05, 0.1) is 0 Å². The summed E-state index contributed by atoms with van der Waals surface area (Å²) < 4.78 is 0. The number of carbonyl (C=O) groups excluding carboxylic acids is 3. The van der Waals surface area contributed by atoms with E-state index in [1.165, 1.54) is 6.92 Å². The Morgan fingerprint density at radius 1 is 1.31 bits per heavy atom. The van der Waals surface area contributed by atoms with Crippen molar-refractivity contribution in [1.82, 2.24) is 15.2 Å². The van der Waals surface area contributed by atoms with Gasteiger partial charge in [-0.05, 0) is 43.0 Å². The molecule has 3 amide bonds. The van der Waals surface area contributed by atoms with E-state index < -0.39 is 11.9 Å². The van der Waals surface area contributed by atoms with Crippen LogP contribution in [0.3, 0.4) is 0 Å². The van der Waals surface area contributed by atoms with Gasteiger partial charge in [0.1, 0.15) is 6.04 Å². The molecule has 0 aliphatic carbocycles. The number of hydrogen-bond acceptors (Lipinski definition) is 3.